The Morgan fingerprint density at radius 3 is 2.59 bits per heavy atom. The fourth-order valence-electron chi connectivity index (χ4n) is 2.92. The average Bonchev–Trinajstić information content (AvgIpc) is 2.52. The van der Waals surface area contributed by atoms with E-state index in [9.17, 15) is 9.18 Å². The van der Waals surface area contributed by atoms with Crippen molar-refractivity contribution in [3.8, 4) is 0 Å². The maximum Gasteiger partial charge on any atom is 0.261 e. The molecule has 2 fully saturated rings. The van der Waals surface area contributed by atoms with Gasteiger partial charge in [0.05, 0.1) is 6.04 Å². The molecule has 1 aromatic carbocycles. The van der Waals surface area contributed by atoms with Crippen LogP contribution in [0.5, 0.6) is 0 Å². The maximum absolute atomic E-state index is 14.2. The number of hydrogen-bond acceptors (Lipinski definition) is 1. The van der Waals surface area contributed by atoms with E-state index in [1.54, 1.807) is 4.90 Å². The molecule has 1 saturated carbocycles. The molecule has 0 unspecified atom stereocenters. The van der Waals surface area contributed by atoms with Gasteiger partial charge in [0.25, 0.3) is 5.91 Å². The molecule has 1 aliphatic heterocycles. The van der Waals surface area contributed by atoms with Crippen molar-refractivity contribution in [1.29, 1.82) is 0 Å². The molecule has 3 rings (SSSR count). The summed E-state index contributed by atoms with van der Waals surface area (Å²) in [5.74, 6) is -0.369. The summed E-state index contributed by atoms with van der Waals surface area (Å²) in [4.78, 5) is 13.8. The minimum atomic E-state index is -1.54. The van der Waals surface area contributed by atoms with E-state index in [1.165, 1.54) is 0 Å². The van der Waals surface area contributed by atoms with Crippen molar-refractivity contribution in [2.45, 2.75) is 31.5 Å². The van der Waals surface area contributed by atoms with E-state index in [-0.39, 0.29) is 17.9 Å². The number of alkyl halides is 1. The first-order chi connectivity index (χ1) is 8.13. The molecule has 17 heavy (non-hydrogen) atoms. The third-order valence-electron chi connectivity index (χ3n) is 4.29. The van der Waals surface area contributed by atoms with Crippen molar-refractivity contribution in [2.75, 3.05) is 6.54 Å². The molecule has 0 spiro atoms. The number of carbonyl (C=O) groups is 1. The van der Waals surface area contributed by atoms with Gasteiger partial charge in [-0.25, -0.2) is 4.39 Å². The molecule has 0 N–H and O–H groups in total. The van der Waals surface area contributed by atoms with Crippen molar-refractivity contribution in [1.82, 2.24) is 4.90 Å². The first-order valence-electron chi connectivity index (χ1n) is 6.18. The van der Waals surface area contributed by atoms with Gasteiger partial charge in [-0.05, 0) is 25.3 Å². The molecule has 1 aliphatic carbocycles. The van der Waals surface area contributed by atoms with Crippen LogP contribution in [0.2, 0.25) is 0 Å². The zero-order valence-corrected chi connectivity index (χ0v) is 9.90. The average molecular weight is 233 g/mol. The highest BCUT2D eigenvalue weighted by molar-refractivity contribution is 5.89. The zero-order chi connectivity index (χ0) is 12.0. The Morgan fingerprint density at radius 2 is 2.12 bits per heavy atom. The van der Waals surface area contributed by atoms with Gasteiger partial charge < -0.3 is 4.90 Å². The summed E-state index contributed by atoms with van der Waals surface area (Å²) in [5.41, 5.74) is -0.464. The van der Waals surface area contributed by atoms with Gasteiger partial charge in [0.1, 0.15) is 0 Å². The van der Waals surface area contributed by atoms with E-state index in [1.807, 2.05) is 37.3 Å². The first kappa shape index (κ1) is 10.8. The van der Waals surface area contributed by atoms with Gasteiger partial charge in [-0.15, -0.1) is 0 Å². The van der Waals surface area contributed by atoms with Crippen LogP contribution in [0.3, 0.4) is 0 Å². The van der Waals surface area contributed by atoms with Crippen LogP contribution < -0.4 is 0 Å². The molecule has 2 aliphatic rings. The maximum atomic E-state index is 14.2. The highest BCUT2D eigenvalue weighted by atomic mass is 19.1. The lowest BCUT2D eigenvalue weighted by molar-refractivity contribution is -0.144. The van der Waals surface area contributed by atoms with Crippen LogP contribution in [0.1, 0.15) is 31.4 Å². The predicted octanol–water partition coefficient (Wildman–Crippen LogP) is 2.71. The summed E-state index contributed by atoms with van der Waals surface area (Å²) in [6, 6.07) is 9.80. The van der Waals surface area contributed by atoms with Gasteiger partial charge in [-0.2, -0.15) is 0 Å². The number of halogens is 1. The van der Waals surface area contributed by atoms with Crippen LogP contribution in [-0.2, 0) is 4.79 Å². The Labute approximate surface area is 100 Å². The second-order valence-corrected chi connectivity index (χ2v) is 5.14. The van der Waals surface area contributed by atoms with Gasteiger partial charge in [-0.3, -0.25) is 4.79 Å². The molecule has 3 heteroatoms. The SMILES string of the molecule is C[C@H](c1ccccc1)N1C[C@@H]2CC[C@]2(F)C1=O. The Kier molecular flexibility index (Phi) is 2.25. The lowest BCUT2D eigenvalue weighted by Gasteiger charge is -2.33. The van der Waals surface area contributed by atoms with Gasteiger partial charge in [0.2, 0.25) is 0 Å². The third kappa shape index (κ3) is 1.41. The Balaban J connectivity index is 1.85. The quantitative estimate of drug-likeness (QED) is 0.769. The van der Waals surface area contributed by atoms with Gasteiger partial charge in [0, 0.05) is 12.5 Å². The highest BCUT2D eigenvalue weighted by Crippen LogP contribution is 2.50. The fourth-order valence-corrected chi connectivity index (χ4v) is 2.92. The molecular formula is C14H16FNO. The number of fused-ring (bicyclic) bond motifs is 1. The van der Waals surface area contributed by atoms with Gasteiger partial charge in [-0.1, -0.05) is 30.3 Å². The van der Waals surface area contributed by atoms with Gasteiger partial charge >= 0.3 is 0 Å². The monoisotopic (exact) mass is 233 g/mol. The lowest BCUT2D eigenvalue weighted by Crippen LogP contribution is -2.46. The largest absolute Gasteiger partial charge is 0.333 e. The number of likely N-dealkylation sites (tertiary alicyclic amines) is 1. The van der Waals surface area contributed by atoms with Crippen LogP contribution in [0, 0.1) is 5.92 Å². The number of benzene rings is 1. The normalized spacial score (nSPS) is 33.2. The first-order valence-corrected chi connectivity index (χ1v) is 6.18. The minimum Gasteiger partial charge on any atom is -0.333 e. The molecule has 1 aromatic rings. The summed E-state index contributed by atoms with van der Waals surface area (Å²) < 4.78 is 14.2. The summed E-state index contributed by atoms with van der Waals surface area (Å²) in [6.07, 6.45) is 1.26. The molecule has 1 saturated heterocycles. The van der Waals surface area contributed by atoms with E-state index < -0.39 is 5.67 Å². The molecule has 90 valence electrons. The Bertz CT molecular complexity index is 447. The predicted molar refractivity (Wildman–Crippen MR) is 63.1 cm³/mol. The van der Waals surface area contributed by atoms with Crippen LogP contribution in [0.4, 0.5) is 4.39 Å². The summed E-state index contributed by atoms with van der Waals surface area (Å²) in [6.45, 7) is 2.55. The summed E-state index contributed by atoms with van der Waals surface area (Å²) in [7, 11) is 0. The molecule has 3 atom stereocenters. The zero-order valence-electron chi connectivity index (χ0n) is 9.90. The smallest absolute Gasteiger partial charge is 0.261 e. The highest BCUT2D eigenvalue weighted by Gasteiger charge is 2.61. The molecular weight excluding hydrogens is 217 g/mol. The number of rotatable bonds is 2. The van der Waals surface area contributed by atoms with Crippen LogP contribution in [0.15, 0.2) is 30.3 Å². The second-order valence-electron chi connectivity index (χ2n) is 5.14. The van der Waals surface area contributed by atoms with Crippen molar-refractivity contribution in [3.05, 3.63) is 35.9 Å². The van der Waals surface area contributed by atoms with Crippen LogP contribution in [-0.4, -0.2) is 23.0 Å². The molecule has 0 radical (unpaired) electrons. The Hall–Kier alpha value is -1.38. The van der Waals surface area contributed by atoms with E-state index in [0.717, 1.165) is 12.0 Å². The molecule has 1 amide bonds. The summed E-state index contributed by atoms with van der Waals surface area (Å²) in [5, 5.41) is 0. The standard InChI is InChI=1S/C14H16FNO/c1-10(11-5-3-2-4-6-11)16-9-12-7-8-14(12,15)13(16)17/h2-6,10,12H,7-9H2,1H3/t10-,12+,14-/m1/s1. The lowest BCUT2D eigenvalue weighted by atomic mass is 9.73. The van der Waals surface area contributed by atoms with Crippen LogP contribution >= 0.6 is 0 Å². The number of amides is 1. The van der Waals surface area contributed by atoms with Crippen molar-refractivity contribution in [3.63, 3.8) is 0 Å². The van der Waals surface area contributed by atoms with Crippen molar-refractivity contribution < 1.29 is 9.18 Å². The van der Waals surface area contributed by atoms with Crippen molar-refractivity contribution in [2.24, 2.45) is 5.92 Å². The van der Waals surface area contributed by atoms with E-state index in [4.69, 9.17) is 0 Å². The summed E-state index contributed by atoms with van der Waals surface area (Å²) >= 11 is 0. The molecule has 0 bridgehead atoms. The second kappa shape index (κ2) is 3.56. The Morgan fingerprint density at radius 1 is 1.41 bits per heavy atom. The molecule has 0 aromatic heterocycles. The number of carbonyl (C=O) groups excluding carboxylic acids is 1. The number of hydrogen-bond donors (Lipinski definition) is 0. The third-order valence-corrected chi connectivity index (χ3v) is 4.29. The van der Waals surface area contributed by atoms with E-state index in [2.05, 4.69) is 0 Å². The van der Waals surface area contributed by atoms with Crippen LogP contribution in [0.25, 0.3) is 0 Å². The minimum absolute atomic E-state index is 0.0260. The van der Waals surface area contributed by atoms with Crippen molar-refractivity contribution >= 4 is 5.91 Å². The van der Waals surface area contributed by atoms with Gasteiger partial charge in [0.15, 0.2) is 5.67 Å². The van der Waals surface area contributed by atoms with E-state index >= 15 is 0 Å². The topological polar surface area (TPSA) is 20.3 Å². The number of nitrogens with zero attached hydrogens (tertiary/aromatic N) is 1. The fraction of sp³-hybridized carbons (Fsp3) is 0.500. The molecule has 1 heterocycles. The molecule has 2 nitrogen and oxygen atoms in total. The van der Waals surface area contributed by atoms with E-state index in [0.29, 0.717) is 13.0 Å².